The standard InChI is InChI=1S/C22H20F2N4O3S/c1-26-19-7-5-16(11-14(19)12-22(26)29)32(30,31)28-21(8-9-25-28)27-10-2-3-20(27)17-13-15(23)4-6-18(17)24/h4-9,11,13,20H,2-3,10,12H2,1H3/t20-/m1/s1. The van der Waals surface area contributed by atoms with E-state index < -0.39 is 27.7 Å². The fourth-order valence-corrected chi connectivity index (χ4v) is 5.84. The maximum absolute atomic E-state index is 14.5. The minimum Gasteiger partial charge on any atom is -0.349 e. The number of fused-ring (bicyclic) bond motifs is 1. The van der Waals surface area contributed by atoms with E-state index in [9.17, 15) is 22.0 Å². The Balaban J connectivity index is 1.54. The Kier molecular flexibility index (Phi) is 4.77. The molecule has 1 fully saturated rings. The van der Waals surface area contributed by atoms with E-state index in [-0.39, 0.29) is 28.6 Å². The second-order valence-corrected chi connectivity index (χ2v) is 9.74. The highest BCUT2D eigenvalue weighted by Crippen LogP contribution is 2.38. The number of amides is 1. The van der Waals surface area contributed by atoms with Gasteiger partial charge >= 0.3 is 0 Å². The van der Waals surface area contributed by atoms with Gasteiger partial charge in [0, 0.05) is 30.9 Å². The summed E-state index contributed by atoms with van der Waals surface area (Å²) in [4.78, 5) is 15.2. The van der Waals surface area contributed by atoms with Gasteiger partial charge in [-0.3, -0.25) is 4.79 Å². The SMILES string of the molecule is CN1C(=O)Cc2cc(S(=O)(=O)n3nccc3N3CCC[C@@H]3c3cc(F)ccc3F)ccc21. The molecule has 0 radical (unpaired) electrons. The second kappa shape index (κ2) is 7.40. The summed E-state index contributed by atoms with van der Waals surface area (Å²) in [5.41, 5.74) is 1.50. The molecule has 0 spiro atoms. The maximum Gasteiger partial charge on any atom is 0.284 e. The summed E-state index contributed by atoms with van der Waals surface area (Å²) in [7, 11) is -2.43. The average Bonchev–Trinajstić information content (AvgIpc) is 3.49. The first-order valence-corrected chi connectivity index (χ1v) is 11.6. The van der Waals surface area contributed by atoms with Crippen LogP contribution in [0.25, 0.3) is 0 Å². The lowest BCUT2D eigenvalue weighted by Crippen LogP contribution is -2.28. The minimum absolute atomic E-state index is 0.0111. The van der Waals surface area contributed by atoms with E-state index in [1.165, 1.54) is 23.2 Å². The molecule has 2 aliphatic heterocycles. The van der Waals surface area contributed by atoms with Crippen LogP contribution in [0.1, 0.15) is 30.0 Å². The normalized spacial score (nSPS) is 18.5. The van der Waals surface area contributed by atoms with Gasteiger partial charge in [0.25, 0.3) is 10.0 Å². The third-order valence-corrected chi connectivity index (χ3v) is 7.70. The van der Waals surface area contributed by atoms with Gasteiger partial charge in [0.05, 0.1) is 23.6 Å². The van der Waals surface area contributed by atoms with Crippen LogP contribution in [0.3, 0.4) is 0 Å². The van der Waals surface area contributed by atoms with Crippen LogP contribution in [0.4, 0.5) is 20.3 Å². The molecule has 0 bridgehead atoms. The van der Waals surface area contributed by atoms with Crippen molar-refractivity contribution < 1.29 is 22.0 Å². The zero-order valence-electron chi connectivity index (χ0n) is 17.2. The third-order valence-electron chi connectivity index (χ3n) is 6.11. The number of aromatic nitrogens is 2. The summed E-state index contributed by atoms with van der Waals surface area (Å²) < 4.78 is 56.1. The van der Waals surface area contributed by atoms with Crippen molar-refractivity contribution in [1.82, 2.24) is 9.19 Å². The predicted molar refractivity (Wildman–Crippen MR) is 114 cm³/mol. The molecule has 166 valence electrons. The molecule has 5 rings (SSSR count). The molecule has 2 aromatic carbocycles. The van der Waals surface area contributed by atoms with Gasteiger partial charge in [-0.25, -0.2) is 8.78 Å². The molecule has 1 aromatic heterocycles. The van der Waals surface area contributed by atoms with E-state index in [1.807, 2.05) is 0 Å². The zero-order valence-corrected chi connectivity index (χ0v) is 18.0. The molecule has 7 nitrogen and oxygen atoms in total. The van der Waals surface area contributed by atoms with Crippen molar-refractivity contribution in [2.75, 3.05) is 23.4 Å². The van der Waals surface area contributed by atoms with Crippen molar-refractivity contribution in [3.05, 3.63) is 71.4 Å². The van der Waals surface area contributed by atoms with Gasteiger partial charge < -0.3 is 9.80 Å². The molecule has 2 aliphatic rings. The average molecular weight is 458 g/mol. The summed E-state index contributed by atoms with van der Waals surface area (Å²) in [5.74, 6) is -0.909. The largest absolute Gasteiger partial charge is 0.349 e. The molecule has 3 heterocycles. The highest BCUT2D eigenvalue weighted by Gasteiger charge is 2.34. The van der Waals surface area contributed by atoms with E-state index in [2.05, 4.69) is 5.10 Å². The number of halogens is 2. The Morgan fingerprint density at radius 2 is 1.91 bits per heavy atom. The lowest BCUT2D eigenvalue weighted by atomic mass is 10.0. The molecule has 1 amide bonds. The van der Waals surface area contributed by atoms with Crippen LogP contribution in [0.5, 0.6) is 0 Å². The number of benzene rings is 2. The molecule has 1 atom stereocenters. The predicted octanol–water partition coefficient (Wildman–Crippen LogP) is 3.26. The fourth-order valence-electron chi connectivity index (χ4n) is 4.52. The zero-order chi connectivity index (χ0) is 22.6. The van der Waals surface area contributed by atoms with Crippen molar-refractivity contribution in [1.29, 1.82) is 0 Å². The molecule has 32 heavy (non-hydrogen) atoms. The van der Waals surface area contributed by atoms with Crippen LogP contribution >= 0.6 is 0 Å². The van der Waals surface area contributed by atoms with Crippen LogP contribution in [-0.4, -0.2) is 37.1 Å². The molecule has 10 heteroatoms. The highest BCUT2D eigenvalue weighted by molar-refractivity contribution is 7.90. The number of hydrogen-bond acceptors (Lipinski definition) is 5. The molecule has 0 aliphatic carbocycles. The van der Waals surface area contributed by atoms with E-state index >= 15 is 0 Å². The number of hydrogen-bond donors (Lipinski definition) is 0. The molecule has 0 saturated carbocycles. The van der Waals surface area contributed by atoms with E-state index in [1.54, 1.807) is 24.1 Å². The summed E-state index contributed by atoms with van der Waals surface area (Å²) >= 11 is 0. The van der Waals surface area contributed by atoms with E-state index in [0.29, 0.717) is 30.6 Å². The van der Waals surface area contributed by atoms with Crippen molar-refractivity contribution in [2.24, 2.45) is 0 Å². The number of rotatable bonds is 4. The van der Waals surface area contributed by atoms with Gasteiger partial charge in [0.2, 0.25) is 5.91 Å². The monoisotopic (exact) mass is 458 g/mol. The molecule has 3 aromatic rings. The highest BCUT2D eigenvalue weighted by atomic mass is 32.2. The first kappa shape index (κ1) is 20.6. The van der Waals surface area contributed by atoms with E-state index in [4.69, 9.17) is 0 Å². The van der Waals surface area contributed by atoms with Crippen LogP contribution in [-0.2, 0) is 21.2 Å². The van der Waals surface area contributed by atoms with Crippen LogP contribution < -0.4 is 9.80 Å². The van der Waals surface area contributed by atoms with Crippen molar-refractivity contribution in [3.63, 3.8) is 0 Å². The summed E-state index contributed by atoms with van der Waals surface area (Å²) in [6.07, 6.45) is 2.75. The third kappa shape index (κ3) is 3.17. The summed E-state index contributed by atoms with van der Waals surface area (Å²) in [6.45, 7) is 0.477. The number of likely N-dealkylation sites (N-methyl/N-ethyl adjacent to an activating group) is 1. The maximum atomic E-state index is 14.5. The quantitative estimate of drug-likeness (QED) is 0.600. The Hall–Kier alpha value is -3.27. The number of carbonyl (C=O) groups is 1. The van der Waals surface area contributed by atoms with Gasteiger partial charge in [-0.15, -0.1) is 4.09 Å². The van der Waals surface area contributed by atoms with Gasteiger partial charge in [0.1, 0.15) is 17.5 Å². The topological polar surface area (TPSA) is 75.5 Å². The van der Waals surface area contributed by atoms with Crippen LogP contribution in [0.2, 0.25) is 0 Å². The Morgan fingerprint density at radius 1 is 1.09 bits per heavy atom. The Labute approximate surface area is 183 Å². The van der Waals surface area contributed by atoms with Gasteiger partial charge in [-0.2, -0.15) is 13.5 Å². The van der Waals surface area contributed by atoms with Crippen molar-refractivity contribution >= 4 is 27.4 Å². The first-order valence-electron chi connectivity index (χ1n) is 10.2. The number of carbonyl (C=O) groups excluding carboxylic acids is 1. The smallest absolute Gasteiger partial charge is 0.284 e. The van der Waals surface area contributed by atoms with Crippen LogP contribution in [0, 0.1) is 11.6 Å². The molecule has 0 N–H and O–H groups in total. The Bertz CT molecular complexity index is 1340. The lowest BCUT2D eigenvalue weighted by Gasteiger charge is -2.27. The molecule has 1 saturated heterocycles. The summed E-state index contributed by atoms with van der Waals surface area (Å²) in [5, 5.41) is 4.04. The van der Waals surface area contributed by atoms with Crippen molar-refractivity contribution in [2.45, 2.75) is 30.2 Å². The summed E-state index contributed by atoms with van der Waals surface area (Å²) in [6, 6.07) is 8.88. The minimum atomic E-state index is -4.08. The first-order chi connectivity index (χ1) is 15.3. The Morgan fingerprint density at radius 3 is 2.72 bits per heavy atom. The van der Waals surface area contributed by atoms with Gasteiger partial charge in [-0.1, -0.05) is 0 Å². The number of anilines is 2. The van der Waals surface area contributed by atoms with E-state index in [0.717, 1.165) is 22.3 Å². The fraction of sp³-hybridized carbons (Fsp3) is 0.273. The molecular weight excluding hydrogens is 438 g/mol. The van der Waals surface area contributed by atoms with Gasteiger partial charge in [0.15, 0.2) is 0 Å². The van der Waals surface area contributed by atoms with Crippen molar-refractivity contribution in [3.8, 4) is 0 Å². The van der Waals surface area contributed by atoms with Gasteiger partial charge in [-0.05, 0) is 54.8 Å². The number of nitrogens with zero attached hydrogens (tertiary/aromatic N) is 4. The van der Waals surface area contributed by atoms with Crippen LogP contribution in [0.15, 0.2) is 53.6 Å². The molecule has 0 unspecified atom stereocenters. The lowest BCUT2D eigenvalue weighted by molar-refractivity contribution is -0.117. The molecular formula is C22H20F2N4O3S. The second-order valence-electron chi connectivity index (χ2n) is 7.97.